The molecular formula is C18H26N2O. The number of nitrogens with zero attached hydrogens (tertiary/aromatic N) is 2. The van der Waals surface area contributed by atoms with Crippen LogP contribution in [-0.4, -0.2) is 16.6 Å². The van der Waals surface area contributed by atoms with E-state index in [0.717, 1.165) is 23.9 Å². The Labute approximate surface area is 127 Å². The van der Waals surface area contributed by atoms with Crippen molar-refractivity contribution in [2.45, 2.75) is 58.3 Å². The average Bonchev–Trinajstić information content (AvgIpc) is 2.53. The first-order valence-corrected chi connectivity index (χ1v) is 8.24. The highest BCUT2D eigenvalue weighted by Gasteiger charge is 2.03. The number of hydrogen-bond donors (Lipinski definition) is 0. The zero-order chi connectivity index (χ0) is 14.8. The molecule has 1 heterocycles. The van der Waals surface area contributed by atoms with Gasteiger partial charge in [-0.3, -0.25) is 0 Å². The maximum Gasteiger partial charge on any atom is 0.224 e. The van der Waals surface area contributed by atoms with Crippen molar-refractivity contribution < 1.29 is 4.74 Å². The fourth-order valence-electron chi connectivity index (χ4n) is 2.50. The second-order valence-corrected chi connectivity index (χ2v) is 5.52. The minimum absolute atomic E-state index is 0.712. The lowest BCUT2D eigenvalue weighted by molar-refractivity contribution is 0.296. The van der Waals surface area contributed by atoms with E-state index in [9.17, 15) is 0 Å². The molecule has 0 radical (unpaired) electrons. The largest absolute Gasteiger partial charge is 0.477 e. The van der Waals surface area contributed by atoms with Gasteiger partial charge in [0.1, 0.15) is 6.33 Å². The normalized spacial score (nSPS) is 10.9. The zero-order valence-corrected chi connectivity index (χ0v) is 13.1. The number of fused-ring (bicyclic) bond motifs is 1. The molecule has 3 heteroatoms. The minimum Gasteiger partial charge on any atom is -0.477 e. The molecule has 0 fully saturated rings. The van der Waals surface area contributed by atoms with Crippen LogP contribution in [0.1, 0.15) is 58.3 Å². The van der Waals surface area contributed by atoms with E-state index >= 15 is 0 Å². The van der Waals surface area contributed by atoms with Crippen LogP contribution in [0.25, 0.3) is 10.9 Å². The van der Waals surface area contributed by atoms with Gasteiger partial charge in [0.25, 0.3) is 0 Å². The molecule has 3 nitrogen and oxygen atoms in total. The lowest BCUT2D eigenvalue weighted by Gasteiger charge is -2.07. The molecule has 0 bridgehead atoms. The molecule has 0 saturated heterocycles. The highest BCUT2D eigenvalue weighted by atomic mass is 16.5. The Morgan fingerprint density at radius 1 is 0.857 bits per heavy atom. The average molecular weight is 286 g/mol. The van der Waals surface area contributed by atoms with Crippen LogP contribution in [0.5, 0.6) is 5.88 Å². The van der Waals surface area contributed by atoms with Gasteiger partial charge >= 0.3 is 0 Å². The molecule has 0 aliphatic rings. The topological polar surface area (TPSA) is 35.0 Å². The Morgan fingerprint density at radius 3 is 2.38 bits per heavy atom. The van der Waals surface area contributed by atoms with Crippen molar-refractivity contribution in [3.63, 3.8) is 0 Å². The fourth-order valence-corrected chi connectivity index (χ4v) is 2.50. The van der Waals surface area contributed by atoms with Crippen molar-refractivity contribution in [2.75, 3.05) is 6.61 Å². The van der Waals surface area contributed by atoms with Gasteiger partial charge < -0.3 is 4.74 Å². The van der Waals surface area contributed by atoms with Crippen LogP contribution in [0, 0.1) is 0 Å². The number of unbranched alkanes of at least 4 members (excludes halogenated alkanes) is 7. The molecule has 0 spiro atoms. The van der Waals surface area contributed by atoms with E-state index in [-0.39, 0.29) is 0 Å². The Balaban J connectivity index is 1.64. The van der Waals surface area contributed by atoms with Gasteiger partial charge in [-0.05, 0) is 18.6 Å². The molecule has 21 heavy (non-hydrogen) atoms. The smallest absolute Gasteiger partial charge is 0.224 e. The van der Waals surface area contributed by atoms with E-state index in [1.165, 1.54) is 44.9 Å². The maximum absolute atomic E-state index is 5.81. The Morgan fingerprint density at radius 2 is 1.57 bits per heavy atom. The van der Waals surface area contributed by atoms with Gasteiger partial charge in [0.05, 0.1) is 17.5 Å². The number of benzene rings is 1. The Kier molecular flexibility index (Phi) is 6.99. The van der Waals surface area contributed by atoms with Crippen molar-refractivity contribution in [3.05, 3.63) is 30.6 Å². The summed E-state index contributed by atoms with van der Waals surface area (Å²) < 4.78 is 5.81. The fraction of sp³-hybridized carbons (Fsp3) is 0.556. The number of para-hydroxylation sites is 1. The summed E-state index contributed by atoms with van der Waals surface area (Å²) in [6.07, 6.45) is 12.1. The molecule has 2 rings (SSSR count). The third-order valence-electron chi connectivity index (χ3n) is 3.74. The van der Waals surface area contributed by atoms with Crippen LogP contribution >= 0.6 is 0 Å². The Bertz CT molecular complexity index is 522. The van der Waals surface area contributed by atoms with Crippen LogP contribution in [-0.2, 0) is 0 Å². The summed E-state index contributed by atoms with van der Waals surface area (Å²) in [5, 5.41) is 1.000. The predicted octanol–water partition coefficient (Wildman–Crippen LogP) is 5.15. The number of ether oxygens (including phenoxy) is 1. The van der Waals surface area contributed by atoms with Gasteiger partial charge in [-0.25, -0.2) is 9.97 Å². The van der Waals surface area contributed by atoms with Crippen LogP contribution in [0.4, 0.5) is 0 Å². The van der Waals surface area contributed by atoms with Gasteiger partial charge in [0.2, 0.25) is 5.88 Å². The van der Waals surface area contributed by atoms with Crippen LogP contribution < -0.4 is 4.74 Å². The van der Waals surface area contributed by atoms with E-state index in [0.29, 0.717) is 5.88 Å². The van der Waals surface area contributed by atoms with Crippen LogP contribution in [0.2, 0.25) is 0 Å². The predicted molar refractivity (Wildman–Crippen MR) is 87.6 cm³/mol. The lowest BCUT2D eigenvalue weighted by Crippen LogP contribution is -2.00. The van der Waals surface area contributed by atoms with Crippen LogP contribution in [0.3, 0.4) is 0 Å². The third kappa shape index (κ3) is 5.33. The summed E-state index contributed by atoms with van der Waals surface area (Å²) >= 11 is 0. The van der Waals surface area contributed by atoms with E-state index < -0.39 is 0 Å². The minimum atomic E-state index is 0.712. The molecule has 1 aromatic carbocycles. The second kappa shape index (κ2) is 9.32. The van der Waals surface area contributed by atoms with Crippen molar-refractivity contribution in [3.8, 4) is 5.88 Å². The van der Waals surface area contributed by atoms with E-state index in [2.05, 4.69) is 16.9 Å². The third-order valence-corrected chi connectivity index (χ3v) is 3.74. The number of hydrogen-bond acceptors (Lipinski definition) is 3. The molecule has 1 aromatic heterocycles. The molecular weight excluding hydrogens is 260 g/mol. The first-order valence-electron chi connectivity index (χ1n) is 8.24. The SMILES string of the molecule is CCCCCCCCCCOc1ncnc2ccccc12. The van der Waals surface area contributed by atoms with E-state index in [4.69, 9.17) is 4.74 Å². The summed E-state index contributed by atoms with van der Waals surface area (Å²) in [4.78, 5) is 8.49. The van der Waals surface area contributed by atoms with Gasteiger partial charge in [-0.2, -0.15) is 0 Å². The van der Waals surface area contributed by atoms with Crippen LogP contribution in [0.15, 0.2) is 30.6 Å². The van der Waals surface area contributed by atoms with Gasteiger partial charge in [0, 0.05) is 0 Å². The monoisotopic (exact) mass is 286 g/mol. The summed E-state index contributed by atoms with van der Waals surface area (Å²) in [6.45, 7) is 3.00. The summed E-state index contributed by atoms with van der Waals surface area (Å²) in [6, 6.07) is 7.98. The van der Waals surface area contributed by atoms with E-state index in [1.807, 2.05) is 24.3 Å². The quantitative estimate of drug-likeness (QED) is 0.567. The van der Waals surface area contributed by atoms with Crippen molar-refractivity contribution in [2.24, 2.45) is 0 Å². The van der Waals surface area contributed by atoms with Crippen molar-refractivity contribution >= 4 is 10.9 Å². The molecule has 0 N–H and O–H groups in total. The summed E-state index contributed by atoms with van der Waals surface area (Å²) in [5.41, 5.74) is 0.943. The summed E-state index contributed by atoms with van der Waals surface area (Å²) in [5.74, 6) is 0.712. The van der Waals surface area contributed by atoms with Gasteiger partial charge in [-0.1, -0.05) is 64.0 Å². The highest BCUT2D eigenvalue weighted by molar-refractivity contribution is 5.82. The molecule has 0 aliphatic carbocycles. The molecule has 0 amide bonds. The Hall–Kier alpha value is -1.64. The molecule has 0 unspecified atom stereocenters. The summed E-state index contributed by atoms with van der Waals surface area (Å²) in [7, 11) is 0. The molecule has 2 aromatic rings. The zero-order valence-electron chi connectivity index (χ0n) is 13.1. The molecule has 0 aliphatic heterocycles. The lowest BCUT2D eigenvalue weighted by atomic mass is 10.1. The van der Waals surface area contributed by atoms with E-state index in [1.54, 1.807) is 6.33 Å². The molecule has 0 saturated carbocycles. The van der Waals surface area contributed by atoms with Gasteiger partial charge in [-0.15, -0.1) is 0 Å². The standard InChI is InChI=1S/C18H26N2O/c1-2-3-4-5-6-7-8-11-14-21-18-16-12-9-10-13-17(16)19-15-20-18/h9-10,12-13,15H,2-8,11,14H2,1H3. The molecule has 0 atom stereocenters. The van der Waals surface area contributed by atoms with Gasteiger partial charge in [0.15, 0.2) is 0 Å². The molecule has 114 valence electrons. The first-order chi connectivity index (χ1) is 10.4. The van der Waals surface area contributed by atoms with Crippen molar-refractivity contribution in [1.29, 1.82) is 0 Å². The van der Waals surface area contributed by atoms with Crippen molar-refractivity contribution in [1.82, 2.24) is 9.97 Å². The maximum atomic E-state index is 5.81. The highest BCUT2D eigenvalue weighted by Crippen LogP contribution is 2.20. The number of aromatic nitrogens is 2. The number of rotatable bonds is 10. The first kappa shape index (κ1) is 15.7. The second-order valence-electron chi connectivity index (χ2n) is 5.52.